The van der Waals surface area contributed by atoms with Crippen LogP contribution in [0.25, 0.3) is 0 Å². The van der Waals surface area contributed by atoms with E-state index in [2.05, 4.69) is 24.3 Å². The molecule has 1 aromatic carbocycles. The molecule has 0 spiro atoms. The second kappa shape index (κ2) is 6.91. The molecule has 0 aliphatic carbocycles. The summed E-state index contributed by atoms with van der Waals surface area (Å²) in [7, 11) is 1.94. The molecular weight excluding hydrogens is 264 g/mol. The lowest BCUT2D eigenvalue weighted by atomic mass is 10.1. The molecule has 0 bridgehead atoms. The SMILES string of the molecule is Cc1c(C(C)NCc2ccccc2OCC#N)cnn1C. The Hall–Kier alpha value is -2.32. The first kappa shape index (κ1) is 15.1. The Labute approximate surface area is 125 Å². The Balaban J connectivity index is 2.03. The second-order valence-corrected chi connectivity index (χ2v) is 4.97. The standard InChI is InChI=1S/C16H20N4O/c1-12(15-11-19-20(3)13(15)2)18-10-14-6-4-5-7-16(14)21-9-8-17/h4-7,11-12,18H,9-10H2,1-3H3. The first-order chi connectivity index (χ1) is 10.1. The van der Waals surface area contributed by atoms with Gasteiger partial charge in [0.2, 0.25) is 0 Å². The number of benzene rings is 1. The van der Waals surface area contributed by atoms with Gasteiger partial charge in [-0.05, 0) is 19.9 Å². The van der Waals surface area contributed by atoms with E-state index in [-0.39, 0.29) is 12.6 Å². The Morgan fingerprint density at radius 2 is 2.19 bits per heavy atom. The second-order valence-electron chi connectivity index (χ2n) is 4.97. The van der Waals surface area contributed by atoms with Crippen LogP contribution in [0, 0.1) is 18.3 Å². The molecule has 5 nitrogen and oxygen atoms in total. The Morgan fingerprint density at radius 1 is 1.43 bits per heavy atom. The van der Waals surface area contributed by atoms with Crippen LogP contribution in [0.5, 0.6) is 5.75 Å². The fourth-order valence-corrected chi connectivity index (χ4v) is 2.21. The minimum absolute atomic E-state index is 0.0638. The first-order valence-corrected chi connectivity index (χ1v) is 6.93. The maximum absolute atomic E-state index is 8.62. The lowest BCUT2D eigenvalue weighted by Crippen LogP contribution is -2.19. The summed E-state index contributed by atoms with van der Waals surface area (Å²) >= 11 is 0. The zero-order valence-corrected chi connectivity index (χ0v) is 12.6. The molecule has 0 saturated heterocycles. The minimum atomic E-state index is 0.0638. The molecule has 0 fully saturated rings. The number of nitrogens with zero attached hydrogens (tertiary/aromatic N) is 3. The third-order valence-electron chi connectivity index (χ3n) is 3.60. The van der Waals surface area contributed by atoms with Gasteiger partial charge in [0, 0.05) is 36.5 Å². The molecule has 110 valence electrons. The smallest absolute Gasteiger partial charge is 0.174 e. The minimum Gasteiger partial charge on any atom is -0.478 e. The molecule has 0 saturated carbocycles. The van der Waals surface area contributed by atoms with Crippen LogP contribution in [0.4, 0.5) is 0 Å². The zero-order valence-electron chi connectivity index (χ0n) is 12.6. The highest BCUT2D eigenvalue weighted by Gasteiger charge is 2.12. The van der Waals surface area contributed by atoms with Crippen molar-refractivity contribution >= 4 is 0 Å². The molecular formula is C16H20N4O. The van der Waals surface area contributed by atoms with Crippen molar-refractivity contribution in [1.29, 1.82) is 5.26 Å². The maximum atomic E-state index is 8.62. The van der Waals surface area contributed by atoms with Crippen molar-refractivity contribution in [2.24, 2.45) is 7.05 Å². The van der Waals surface area contributed by atoms with E-state index >= 15 is 0 Å². The molecule has 0 amide bonds. The van der Waals surface area contributed by atoms with Crippen molar-refractivity contribution in [3.63, 3.8) is 0 Å². The highest BCUT2D eigenvalue weighted by Crippen LogP contribution is 2.20. The number of ether oxygens (including phenoxy) is 1. The van der Waals surface area contributed by atoms with Crippen molar-refractivity contribution in [1.82, 2.24) is 15.1 Å². The molecule has 0 radical (unpaired) electrons. The van der Waals surface area contributed by atoms with Crippen LogP contribution in [0.2, 0.25) is 0 Å². The Bertz CT molecular complexity index is 642. The summed E-state index contributed by atoms with van der Waals surface area (Å²) in [5, 5.41) is 16.4. The highest BCUT2D eigenvalue weighted by molar-refractivity contribution is 5.33. The van der Waals surface area contributed by atoms with E-state index in [1.165, 1.54) is 5.56 Å². The number of hydrogen-bond acceptors (Lipinski definition) is 4. The molecule has 1 unspecified atom stereocenters. The van der Waals surface area contributed by atoms with Crippen LogP contribution in [-0.2, 0) is 13.6 Å². The zero-order chi connectivity index (χ0) is 15.2. The summed E-state index contributed by atoms with van der Waals surface area (Å²) < 4.78 is 7.31. The van der Waals surface area contributed by atoms with E-state index < -0.39 is 0 Å². The fourth-order valence-electron chi connectivity index (χ4n) is 2.21. The highest BCUT2D eigenvalue weighted by atomic mass is 16.5. The predicted molar refractivity (Wildman–Crippen MR) is 80.7 cm³/mol. The van der Waals surface area contributed by atoms with Crippen molar-refractivity contribution in [3.8, 4) is 11.8 Å². The average molecular weight is 284 g/mol. The van der Waals surface area contributed by atoms with Gasteiger partial charge in [-0.1, -0.05) is 18.2 Å². The molecule has 21 heavy (non-hydrogen) atoms. The Kier molecular flexibility index (Phi) is 4.96. The summed E-state index contributed by atoms with van der Waals surface area (Å²) in [5.41, 5.74) is 3.39. The molecule has 1 aromatic heterocycles. The van der Waals surface area contributed by atoms with E-state index in [1.54, 1.807) is 0 Å². The van der Waals surface area contributed by atoms with E-state index in [0.717, 1.165) is 17.0 Å². The van der Waals surface area contributed by atoms with E-state index in [9.17, 15) is 0 Å². The maximum Gasteiger partial charge on any atom is 0.174 e. The van der Waals surface area contributed by atoms with Gasteiger partial charge in [0.1, 0.15) is 11.8 Å². The largest absolute Gasteiger partial charge is 0.478 e. The van der Waals surface area contributed by atoms with Crippen LogP contribution in [0.1, 0.15) is 29.8 Å². The third-order valence-corrected chi connectivity index (χ3v) is 3.60. The van der Waals surface area contributed by atoms with Crippen molar-refractivity contribution in [2.45, 2.75) is 26.4 Å². The number of nitrogens with one attached hydrogen (secondary N) is 1. The topological polar surface area (TPSA) is 62.9 Å². The molecule has 1 N–H and O–H groups in total. The molecule has 0 aliphatic heterocycles. The van der Waals surface area contributed by atoms with Gasteiger partial charge in [0.25, 0.3) is 0 Å². The van der Waals surface area contributed by atoms with E-state index in [0.29, 0.717) is 6.54 Å². The van der Waals surface area contributed by atoms with E-state index in [1.807, 2.05) is 48.3 Å². The normalized spacial score (nSPS) is 11.9. The van der Waals surface area contributed by atoms with Crippen molar-refractivity contribution < 1.29 is 4.74 Å². The number of hydrogen-bond donors (Lipinski definition) is 1. The summed E-state index contributed by atoms with van der Waals surface area (Å²) in [6.07, 6.45) is 1.89. The quantitative estimate of drug-likeness (QED) is 0.885. The number of aromatic nitrogens is 2. The van der Waals surface area contributed by atoms with E-state index in [4.69, 9.17) is 10.00 Å². The summed E-state index contributed by atoms with van der Waals surface area (Å²) in [4.78, 5) is 0. The Morgan fingerprint density at radius 3 is 2.86 bits per heavy atom. The van der Waals surface area contributed by atoms with Gasteiger partial charge in [-0.2, -0.15) is 10.4 Å². The van der Waals surface area contributed by atoms with Gasteiger partial charge in [0.15, 0.2) is 6.61 Å². The molecule has 0 aliphatic rings. The van der Waals surface area contributed by atoms with Crippen LogP contribution in [0.15, 0.2) is 30.5 Å². The average Bonchev–Trinajstić information content (AvgIpc) is 2.83. The number of aryl methyl sites for hydroxylation is 1. The molecule has 1 heterocycles. The monoisotopic (exact) mass is 284 g/mol. The first-order valence-electron chi connectivity index (χ1n) is 6.93. The van der Waals surface area contributed by atoms with Gasteiger partial charge in [0.05, 0.1) is 6.20 Å². The molecule has 2 rings (SSSR count). The van der Waals surface area contributed by atoms with Gasteiger partial charge in [-0.15, -0.1) is 0 Å². The number of nitriles is 1. The van der Waals surface area contributed by atoms with Crippen LogP contribution in [-0.4, -0.2) is 16.4 Å². The fraction of sp³-hybridized carbons (Fsp3) is 0.375. The lowest BCUT2D eigenvalue weighted by molar-refractivity contribution is 0.361. The van der Waals surface area contributed by atoms with Crippen molar-refractivity contribution in [3.05, 3.63) is 47.3 Å². The lowest BCUT2D eigenvalue weighted by Gasteiger charge is -2.15. The van der Waals surface area contributed by atoms with Crippen LogP contribution >= 0.6 is 0 Å². The van der Waals surface area contributed by atoms with Gasteiger partial charge in [-0.25, -0.2) is 0 Å². The summed E-state index contributed by atoms with van der Waals surface area (Å²) in [6, 6.07) is 9.95. The number of para-hydroxylation sites is 1. The third kappa shape index (κ3) is 3.61. The van der Waals surface area contributed by atoms with Crippen molar-refractivity contribution in [2.75, 3.05) is 6.61 Å². The van der Waals surface area contributed by atoms with Crippen LogP contribution < -0.4 is 10.1 Å². The predicted octanol–water partition coefficient (Wildman–Crippen LogP) is 2.48. The van der Waals surface area contributed by atoms with Gasteiger partial charge < -0.3 is 10.1 Å². The molecule has 1 atom stereocenters. The van der Waals surface area contributed by atoms with Gasteiger partial charge in [-0.3, -0.25) is 4.68 Å². The van der Waals surface area contributed by atoms with Gasteiger partial charge >= 0.3 is 0 Å². The summed E-state index contributed by atoms with van der Waals surface area (Å²) in [5.74, 6) is 0.752. The molecule has 2 aromatic rings. The molecule has 5 heteroatoms. The van der Waals surface area contributed by atoms with Crippen LogP contribution in [0.3, 0.4) is 0 Å². The number of rotatable bonds is 6. The summed E-state index contributed by atoms with van der Waals surface area (Å²) in [6.45, 7) is 4.92.